The van der Waals surface area contributed by atoms with E-state index in [0.29, 0.717) is 38.2 Å². The van der Waals surface area contributed by atoms with E-state index in [1.54, 1.807) is 13.1 Å². The van der Waals surface area contributed by atoms with Crippen LogP contribution in [0.5, 0.6) is 0 Å². The molecule has 1 saturated carbocycles. The lowest BCUT2D eigenvalue weighted by molar-refractivity contribution is -0.139. The second kappa shape index (κ2) is 9.82. The molecule has 0 spiro atoms. The lowest BCUT2D eigenvalue weighted by atomic mass is 9.97. The molecule has 8 heteroatoms. The number of Topliss-reactive ketones (excluding diaryl/α,β-unsaturated/α-hetero) is 2. The van der Waals surface area contributed by atoms with Crippen LogP contribution in [0, 0.1) is 5.41 Å². The quantitative estimate of drug-likeness (QED) is 0.503. The number of benzene rings is 1. The van der Waals surface area contributed by atoms with Gasteiger partial charge in [0.1, 0.15) is 6.54 Å². The highest BCUT2D eigenvalue weighted by atomic mass is 16.5. The van der Waals surface area contributed by atoms with Crippen LogP contribution in [0.15, 0.2) is 30.5 Å². The van der Waals surface area contributed by atoms with E-state index in [-0.39, 0.29) is 35.5 Å². The van der Waals surface area contributed by atoms with Crippen molar-refractivity contribution in [3.8, 4) is 0 Å². The van der Waals surface area contributed by atoms with Crippen molar-refractivity contribution in [1.82, 2.24) is 14.8 Å². The lowest BCUT2D eigenvalue weighted by Gasteiger charge is -2.27. The Morgan fingerprint density at radius 1 is 1.25 bits per heavy atom. The van der Waals surface area contributed by atoms with E-state index in [9.17, 15) is 14.4 Å². The van der Waals surface area contributed by atoms with Crippen molar-refractivity contribution >= 4 is 34.1 Å². The van der Waals surface area contributed by atoms with Crippen molar-refractivity contribution in [2.45, 2.75) is 64.7 Å². The minimum Gasteiger partial charge on any atom is -0.388 e. The van der Waals surface area contributed by atoms with Gasteiger partial charge >= 0.3 is 0 Å². The Kier molecular flexibility index (Phi) is 6.74. The fourth-order valence-electron chi connectivity index (χ4n) is 6.07. The largest absolute Gasteiger partial charge is 0.388 e. The number of rotatable bonds is 4. The van der Waals surface area contributed by atoms with Crippen molar-refractivity contribution in [3.63, 3.8) is 0 Å². The summed E-state index contributed by atoms with van der Waals surface area (Å²) in [5.41, 5.74) is 3.32. The van der Waals surface area contributed by atoms with Gasteiger partial charge in [-0.1, -0.05) is 19.1 Å². The van der Waals surface area contributed by atoms with E-state index < -0.39 is 6.04 Å². The number of carbonyl (C=O) groups excluding carboxylic acids is 3. The van der Waals surface area contributed by atoms with E-state index in [2.05, 4.69) is 22.8 Å². The van der Waals surface area contributed by atoms with Gasteiger partial charge in [-0.15, -0.1) is 0 Å². The van der Waals surface area contributed by atoms with Gasteiger partial charge in [-0.3, -0.25) is 14.4 Å². The zero-order valence-electron chi connectivity index (χ0n) is 21.4. The average molecular weight is 493 g/mol. The normalized spacial score (nSPS) is 27.4. The van der Waals surface area contributed by atoms with Gasteiger partial charge in [0.2, 0.25) is 5.91 Å². The predicted molar refractivity (Wildman–Crippen MR) is 139 cm³/mol. The van der Waals surface area contributed by atoms with Crippen molar-refractivity contribution < 1.29 is 19.1 Å². The minimum absolute atomic E-state index is 0.0378. The summed E-state index contributed by atoms with van der Waals surface area (Å²) in [7, 11) is 1.86. The van der Waals surface area contributed by atoms with Crippen LogP contribution >= 0.6 is 0 Å². The number of ether oxygens (including phenoxy) is 1. The van der Waals surface area contributed by atoms with Crippen molar-refractivity contribution in [2.75, 3.05) is 32.1 Å². The zero-order chi connectivity index (χ0) is 25.4. The minimum atomic E-state index is -0.398. The summed E-state index contributed by atoms with van der Waals surface area (Å²) in [4.78, 5) is 41.1. The molecule has 0 unspecified atom stereocenters. The summed E-state index contributed by atoms with van der Waals surface area (Å²) in [5.74, 6) is -0.00207. The molecule has 2 N–H and O–H groups in total. The Morgan fingerprint density at radius 2 is 2.08 bits per heavy atom. The Hall–Kier alpha value is -2.97. The number of ketones is 2. The SMILES string of the molecule is CCC(=O)[C@@H]1C[C@]23COC/C=C\CCNCc4cc(NC)cc5c(C(C)=O)cn(c45)CC(=O)N1[C@@H]2C3. The molecule has 1 amide bonds. The molecule has 2 bridgehead atoms. The third kappa shape index (κ3) is 4.37. The smallest absolute Gasteiger partial charge is 0.243 e. The monoisotopic (exact) mass is 492 g/mol. The number of nitrogens with one attached hydrogen (secondary N) is 2. The molecule has 0 radical (unpaired) electrons. The highest BCUT2D eigenvalue weighted by molar-refractivity contribution is 6.09. The number of nitrogens with zero attached hydrogens (tertiary/aromatic N) is 2. The average Bonchev–Trinajstić information content (AvgIpc) is 3.27. The summed E-state index contributed by atoms with van der Waals surface area (Å²) in [6, 6.07) is 3.69. The molecular weight excluding hydrogens is 456 g/mol. The molecule has 1 aromatic heterocycles. The molecule has 1 aliphatic carbocycles. The standard InChI is InChI=1S/C28H36N4O4/c1-4-24(34)23-12-28-13-25(28)32(23)26(35)16-31-15-22(18(2)33)21-11-20(29-3)10-19(27(21)31)14-30-8-6-5-7-9-36-17-28/h5,7,10-11,15,23,25,29-30H,4,6,8-9,12-14,16-17H2,1-3H3/b7-5-/t23-,25+,28-/m0/s1. The van der Waals surface area contributed by atoms with Gasteiger partial charge < -0.3 is 24.8 Å². The second-order valence-corrected chi connectivity index (χ2v) is 10.4. The highest BCUT2D eigenvalue weighted by Gasteiger charge is 2.66. The zero-order valence-corrected chi connectivity index (χ0v) is 21.4. The summed E-state index contributed by atoms with van der Waals surface area (Å²) >= 11 is 0. The maximum atomic E-state index is 13.8. The molecule has 3 heterocycles. The molecule has 2 aliphatic heterocycles. The lowest BCUT2D eigenvalue weighted by Crippen LogP contribution is -2.44. The first kappa shape index (κ1) is 24.7. The Bertz CT molecular complexity index is 1230. The van der Waals surface area contributed by atoms with Crippen LogP contribution in [0.2, 0.25) is 0 Å². The number of anilines is 1. The van der Waals surface area contributed by atoms with Gasteiger partial charge in [0, 0.05) is 54.3 Å². The Balaban J connectivity index is 1.58. The van der Waals surface area contributed by atoms with Crippen LogP contribution in [0.3, 0.4) is 0 Å². The first-order valence-electron chi connectivity index (χ1n) is 13.0. The molecular formula is C28H36N4O4. The Morgan fingerprint density at radius 3 is 2.83 bits per heavy atom. The van der Waals surface area contributed by atoms with Gasteiger partial charge in [-0.2, -0.15) is 0 Å². The molecule has 5 rings (SSSR count). The number of amides is 1. The predicted octanol–water partition coefficient (Wildman–Crippen LogP) is 3.29. The number of hydrogen-bond acceptors (Lipinski definition) is 6. The Labute approximate surface area is 212 Å². The van der Waals surface area contributed by atoms with E-state index in [1.165, 1.54) is 0 Å². The molecule has 36 heavy (non-hydrogen) atoms. The molecule has 1 saturated heterocycles. The number of carbonyl (C=O) groups is 3. The van der Waals surface area contributed by atoms with Gasteiger partial charge in [0.15, 0.2) is 11.6 Å². The fraction of sp³-hybridized carbons (Fsp3) is 0.536. The van der Waals surface area contributed by atoms with Crippen LogP contribution in [0.25, 0.3) is 10.9 Å². The molecule has 2 fully saturated rings. The molecule has 1 aromatic carbocycles. The summed E-state index contributed by atoms with van der Waals surface area (Å²) in [6.45, 7) is 6.04. The van der Waals surface area contributed by atoms with Crippen molar-refractivity contribution in [1.29, 1.82) is 0 Å². The van der Waals surface area contributed by atoms with Crippen LogP contribution in [-0.2, 0) is 27.4 Å². The molecule has 3 atom stereocenters. The topological polar surface area (TPSA) is 92.7 Å². The fourth-order valence-corrected chi connectivity index (χ4v) is 6.07. The third-order valence-corrected chi connectivity index (χ3v) is 8.02. The first-order valence-corrected chi connectivity index (χ1v) is 13.0. The van der Waals surface area contributed by atoms with Crippen LogP contribution in [-0.4, -0.2) is 65.8 Å². The van der Waals surface area contributed by atoms with E-state index >= 15 is 0 Å². The van der Waals surface area contributed by atoms with E-state index in [4.69, 9.17) is 4.74 Å². The molecule has 2 aromatic rings. The number of hydrogen-bond donors (Lipinski definition) is 2. The second-order valence-electron chi connectivity index (χ2n) is 10.4. The van der Waals surface area contributed by atoms with Crippen LogP contribution < -0.4 is 10.6 Å². The molecule has 192 valence electrons. The summed E-state index contributed by atoms with van der Waals surface area (Å²) in [6.07, 6.45) is 8.81. The maximum absolute atomic E-state index is 13.8. The van der Waals surface area contributed by atoms with Crippen molar-refractivity contribution in [3.05, 3.63) is 41.6 Å². The van der Waals surface area contributed by atoms with E-state index in [0.717, 1.165) is 41.5 Å². The van der Waals surface area contributed by atoms with Crippen LogP contribution in [0.4, 0.5) is 5.69 Å². The molecule has 8 nitrogen and oxygen atoms in total. The number of piperidine rings is 1. The number of aromatic nitrogens is 1. The summed E-state index contributed by atoms with van der Waals surface area (Å²) in [5, 5.41) is 7.53. The van der Waals surface area contributed by atoms with Gasteiger partial charge in [0.25, 0.3) is 0 Å². The highest BCUT2D eigenvalue weighted by Crippen LogP contribution is 2.60. The maximum Gasteiger partial charge on any atom is 0.243 e. The van der Waals surface area contributed by atoms with Crippen molar-refractivity contribution in [2.24, 2.45) is 5.41 Å². The third-order valence-electron chi connectivity index (χ3n) is 8.02. The van der Waals surface area contributed by atoms with Gasteiger partial charge in [-0.25, -0.2) is 0 Å². The van der Waals surface area contributed by atoms with E-state index in [1.807, 2.05) is 35.6 Å². The van der Waals surface area contributed by atoms with Gasteiger partial charge in [0.05, 0.1) is 24.8 Å². The molecule has 3 aliphatic rings. The van der Waals surface area contributed by atoms with Gasteiger partial charge in [-0.05, 0) is 50.4 Å². The van der Waals surface area contributed by atoms with Crippen LogP contribution in [0.1, 0.15) is 55.5 Å². The summed E-state index contributed by atoms with van der Waals surface area (Å²) < 4.78 is 7.89. The first-order chi connectivity index (χ1) is 17.4.